The smallest absolute Gasteiger partial charge is 0.170 e. The standard InChI is InChI=1S/C20H14I2N4/c21-16-9-3-1-7-14(16)13-23-20(15-8-2-4-10-17(15)22)26-19-12-6-5-11-18(19)24-25-26/h1-13,20H. The van der Waals surface area contributed by atoms with E-state index in [1.165, 1.54) is 3.57 Å². The first-order valence-electron chi connectivity index (χ1n) is 8.06. The summed E-state index contributed by atoms with van der Waals surface area (Å²) in [6.45, 7) is 0. The summed E-state index contributed by atoms with van der Waals surface area (Å²) < 4.78 is 4.20. The van der Waals surface area contributed by atoms with Crippen LogP contribution in [0.5, 0.6) is 0 Å². The fraction of sp³-hybridized carbons (Fsp3) is 0.0500. The molecule has 0 saturated heterocycles. The van der Waals surface area contributed by atoms with Crippen molar-refractivity contribution < 1.29 is 0 Å². The van der Waals surface area contributed by atoms with Crippen molar-refractivity contribution in [3.8, 4) is 0 Å². The van der Waals surface area contributed by atoms with Gasteiger partial charge in [-0.25, -0.2) is 4.68 Å². The van der Waals surface area contributed by atoms with Crippen LogP contribution in [-0.2, 0) is 0 Å². The van der Waals surface area contributed by atoms with E-state index >= 15 is 0 Å². The number of aromatic nitrogens is 3. The van der Waals surface area contributed by atoms with E-state index in [2.05, 4.69) is 79.8 Å². The third kappa shape index (κ3) is 3.52. The van der Waals surface area contributed by atoms with Crippen molar-refractivity contribution in [2.24, 2.45) is 4.99 Å². The van der Waals surface area contributed by atoms with Crippen LogP contribution in [0.3, 0.4) is 0 Å². The number of benzene rings is 3. The molecule has 0 bridgehead atoms. The summed E-state index contributed by atoms with van der Waals surface area (Å²) in [5, 5.41) is 8.70. The second kappa shape index (κ2) is 7.83. The molecule has 4 nitrogen and oxygen atoms in total. The molecule has 0 spiro atoms. The van der Waals surface area contributed by atoms with Crippen molar-refractivity contribution >= 4 is 62.4 Å². The number of para-hydroxylation sites is 1. The van der Waals surface area contributed by atoms with Crippen LogP contribution in [0.25, 0.3) is 11.0 Å². The van der Waals surface area contributed by atoms with Gasteiger partial charge in [0.05, 0.1) is 5.52 Å². The van der Waals surface area contributed by atoms with Crippen molar-refractivity contribution in [2.75, 3.05) is 0 Å². The largest absolute Gasteiger partial charge is 0.261 e. The lowest BCUT2D eigenvalue weighted by atomic mass is 10.1. The first kappa shape index (κ1) is 17.6. The zero-order chi connectivity index (χ0) is 17.9. The maximum absolute atomic E-state index is 4.90. The molecule has 0 aliphatic carbocycles. The molecule has 4 rings (SSSR count). The van der Waals surface area contributed by atoms with Gasteiger partial charge in [-0.15, -0.1) is 5.10 Å². The highest BCUT2D eigenvalue weighted by atomic mass is 127. The van der Waals surface area contributed by atoms with Crippen LogP contribution in [0.1, 0.15) is 17.3 Å². The van der Waals surface area contributed by atoms with Crippen LogP contribution in [0, 0.1) is 7.14 Å². The van der Waals surface area contributed by atoms with Gasteiger partial charge in [0.1, 0.15) is 5.52 Å². The van der Waals surface area contributed by atoms with Crippen molar-refractivity contribution in [3.05, 3.63) is 91.1 Å². The SMILES string of the molecule is Ic1ccccc1C=NC(c1ccccc1I)n1nnc2ccccc21. The van der Waals surface area contributed by atoms with Gasteiger partial charge in [-0.1, -0.05) is 53.7 Å². The minimum Gasteiger partial charge on any atom is -0.261 e. The third-order valence-corrected chi connectivity index (χ3v) is 6.02. The van der Waals surface area contributed by atoms with E-state index in [0.29, 0.717) is 0 Å². The minimum atomic E-state index is -0.272. The quantitative estimate of drug-likeness (QED) is 0.250. The van der Waals surface area contributed by atoms with Crippen molar-refractivity contribution in [1.29, 1.82) is 0 Å². The molecule has 1 unspecified atom stereocenters. The molecule has 3 aromatic carbocycles. The van der Waals surface area contributed by atoms with E-state index in [9.17, 15) is 0 Å². The summed E-state index contributed by atoms with van der Waals surface area (Å²) in [7, 11) is 0. The van der Waals surface area contributed by atoms with E-state index in [0.717, 1.165) is 25.7 Å². The van der Waals surface area contributed by atoms with E-state index in [4.69, 9.17) is 4.99 Å². The maximum atomic E-state index is 4.90. The Labute approximate surface area is 178 Å². The number of hydrogen-bond donors (Lipinski definition) is 0. The molecule has 26 heavy (non-hydrogen) atoms. The fourth-order valence-corrected chi connectivity index (χ4v) is 3.95. The van der Waals surface area contributed by atoms with Gasteiger partial charge >= 0.3 is 0 Å². The van der Waals surface area contributed by atoms with Gasteiger partial charge in [0.2, 0.25) is 0 Å². The van der Waals surface area contributed by atoms with Crippen LogP contribution >= 0.6 is 45.2 Å². The number of rotatable bonds is 4. The minimum absolute atomic E-state index is 0.272. The molecule has 1 aromatic heterocycles. The number of fused-ring (bicyclic) bond motifs is 1. The van der Waals surface area contributed by atoms with Crippen LogP contribution in [0.4, 0.5) is 0 Å². The highest BCUT2D eigenvalue weighted by Gasteiger charge is 2.18. The molecule has 4 aromatic rings. The number of hydrogen-bond acceptors (Lipinski definition) is 3. The zero-order valence-electron chi connectivity index (χ0n) is 13.6. The van der Waals surface area contributed by atoms with Gasteiger partial charge in [0.25, 0.3) is 0 Å². The van der Waals surface area contributed by atoms with Crippen molar-refractivity contribution in [1.82, 2.24) is 15.0 Å². The Morgan fingerprint density at radius 2 is 1.54 bits per heavy atom. The molecule has 0 saturated carbocycles. The van der Waals surface area contributed by atoms with E-state index in [1.807, 2.05) is 59.4 Å². The molecular formula is C20H14I2N4. The summed E-state index contributed by atoms with van der Waals surface area (Å²) in [6.07, 6.45) is 1.65. The van der Waals surface area contributed by atoms with Crippen LogP contribution in [0.2, 0.25) is 0 Å². The molecule has 0 aliphatic rings. The monoisotopic (exact) mass is 564 g/mol. The predicted molar refractivity (Wildman–Crippen MR) is 122 cm³/mol. The molecule has 0 aliphatic heterocycles. The second-order valence-corrected chi connectivity index (χ2v) is 8.04. The van der Waals surface area contributed by atoms with Crippen LogP contribution in [0.15, 0.2) is 77.8 Å². The summed E-state index contributed by atoms with van der Waals surface area (Å²) in [5.41, 5.74) is 4.03. The lowest BCUT2D eigenvalue weighted by molar-refractivity contribution is 0.541. The van der Waals surface area contributed by atoms with Gasteiger partial charge in [-0.05, 0) is 69.4 Å². The lowest BCUT2D eigenvalue weighted by Gasteiger charge is -2.15. The maximum Gasteiger partial charge on any atom is 0.170 e. The van der Waals surface area contributed by atoms with Gasteiger partial charge in [0, 0.05) is 24.5 Å². The molecule has 0 amide bonds. The normalized spacial score (nSPS) is 12.7. The summed E-state index contributed by atoms with van der Waals surface area (Å²) in [4.78, 5) is 4.90. The van der Waals surface area contributed by atoms with Crippen molar-refractivity contribution in [3.63, 3.8) is 0 Å². The lowest BCUT2D eigenvalue weighted by Crippen LogP contribution is -2.12. The first-order chi connectivity index (χ1) is 12.7. The molecule has 128 valence electrons. The van der Waals surface area contributed by atoms with Gasteiger partial charge in [-0.2, -0.15) is 0 Å². The number of nitrogens with zero attached hydrogens (tertiary/aromatic N) is 4. The summed E-state index contributed by atoms with van der Waals surface area (Å²) in [6, 6.07) is 24.4. The van der Waals surface area contributed by atoms with E-state index in [1.54, 1.807) is 0 Å². The molecule has 1 heterocycles. The Morgan fingerprint density at radius 3 is 2.35 bits per heavy atom. The van der Waals surface area contributed by atoms with E-state index < -0.39 is 0 Å². The Kier molecular flexibility index (Phi) is 5.30. The Hall–Kier alpha value is -1.81. The molecule has 1 atom stereocenters. The Bertz CT molecular complexity index is 1090. The average Bonchev–Trinajstić information content (AvgIpc) is 3.09. The average molecular weight is 564 g/mol. The molecular weight excluding hydrogens is 550 g/mol. The zero-order valence-corrected chi connectivity index (χ0v) is 17.9. The van der Waals surface area contributed by atoms with E-state index in [-0.39, 0.29) is 6.17 Å². The van der Waals surface area contributed by atoms with Crippen molar-refractivity contribution in [2.45, 2.75) is 6.17 Å². The topological polar surface area (TPSA) is 43.1 Å². The Balaban J connectivity index is 1.85. The van der Waals surface area contributed by atoms with Crippen LogP contribution < -0.4 is 0 Å². The highest BCUT2D eigenvalue weighted by Crippen LogP contribution is 2.27. The summed E-state index contributed by atoms with van der Waals surface area (Å²) in [5.74, 6) is 0. The fourth-order valence-electron chi connectivity index (χ4n) is 2.76. The van der Waals surface area contributed by atoms with Crippen LogP contribution in [-0.4, -0.2) is 21.2 Å². The highest BCUT2D eigenvalue weighted by molar-refractivity contribution is 14.1. The Morgan fingerprint density at radius 1 is 0.846 bits per heavy atom. The summed E-state index contributed by atoms with van der Waals surface area (Å²) >= 11 is 4.68. The second-order valence-electron chi connectivity index (χ2n) is 5.72. The number of aliphatic imine (C=N–C) groups is 1. The molecule has 0 radical (unpaired) electrons. The predicted octanol–water partition coefficient (Wildman–Crippen LogP) is 5.31. The van der Waals surface area contributed by atoms with Gasteiger partial charge < -0.3 is 0 Å². The molecule has 0 fully saturated rings. The third-order valence-electron chi connectivity index (χ3n) is 4.05. The number of halogens is 2. The van der Waals surface area contributed by atoms with Gasteiger partial charge in [0.15, 0.2) is 6.17 Å². The molecule has 0 N–H and O–H groups in total. The molecule has 6 heteroatoms. The van der Waals surface area contributed by atoms with Gasteiger partial charge in [-0.3, -0.25) is 4.99 Å². The first-order valence-corrected chi connectivity index (χ1v) is 10.2.